The molecule has 30 heavy (non-hydrogen) atoms. The molecular formula is C20H22F3N5O2. The Morgan fingerprint density at radius 1 is 1.20 bits per heavy atom. The van der Waals surface area contributed by atoms with Crippen molar-refractivity contribution in [2.45, 2.75) is 31.3 Å². The smallest absolute Gasteiger partial charge is 0.224 e. The van der Waals surface area contributed by atoms with Crippen LogP contribution in [-0.4, -0.2) is 55.6 Å². The van der Waals surface area contributed by atoms with E-state index in [9.17, 15) is 13.2 Å². The molecule has 1 aromatic heterocycles. The minimum Gasteiger partial charge on any atom is -0.490 e. The van der Waals surface area contributed by atoms with E-state index in [2.05, 4.69) is 25.1 Å². The van der Waals surface area contributed by atoms with Crippen LogP contribution in [0.2, 0.25) is 0 Å². The normalized spacial score (nSPS) is 27.0. The first-order valence-electron chi connectivity index (χ1n) is 9.90. The Labute approximate surface area is 171 Å². The average Bonchev–Trinajstić information content (AvgIpc) is 3.46. The molecule has 5 rings (SSSR count). The van der Waals surface area contributed by atoms with Crippen LogP contribution in [0.4, 0.5) is 30.6 Å². The lowest BCUT2D eigenvalue weighted by atomic mass is 9.82. The van der Waals surface area contributed by atoms with Crippen molar-refractivity contribution in [1.82, 2.24) is 9.97 Å². The molecule has 7 nitrogen and oxygen atoms in total. The van der Waals surface area contributed by atoms with Gasteiger partial charge in [0.25, 0.3) is 0 Å². The lowest BCUT2D eigenvalue weighted by Gasteiger charge is -2.35. The number of ether oxygens (including phenoxy) is 2. The standard InChI is InChI=1S/C20H22F3N5O2/c1-27-9-16-19(30-16)28(2)15-8-25-20(26-18(15)27)24-7-10-3-11(4-10)29-12-5-13(21)17(23)14(22)6-12/h5-6,8,10-11,16,19H,3-4,7,9H2,1-2H3,(H,24,25,26). The Bertz CT molecular complexity index is 948. The Morgan fingerprint density at radius 3 is 2.67 bits per heavy atom. The second kappa shape index (κ2) is 7.19. The topological polar surface area (TPSA) is 66.0 Å². The lowest BCUT2D eigenvalue weighted by molar-refractivity contribution is 0.0701. The molecule has 1 aromatic carbocycles. The molecule has 2 atom stereocenters. The maximum atomic E-state index is 13.3. The van der Waals surface area contributed by atoms with Crippen LogP contribution < -0.4 is 19.9 Å². The van der Waals surface area contributed by atoms with E-state index in [-0.39, 0.29) is 24.2 Å². The molecule has 10 heteroatoms. The highest BCUT2D eigenvalue weighted by molar-refractivity contribution is 5.69. The van der Waals surface area contributed by atoms with Crippen molar-refractivity contribution < 1.29 is 22.6 Å². The summed E-state index contributed by atoms with van der Waals surface area (Å²) in [6.45, 7) is 1.45. The number of fused-ring (bicyclic) bond motifs is 2. The molecular weight excluding hydrogens is 399 g/mol. The first-order chi connectivity index (χ1) is 14.4. The van der Waals surface area contributed by atoms with Crippen LogP contribution >= 0.6 is 0 Å². The van der Waals surface area contributed by atoms with Crippen LogP contribution in [0.15, 0.2) is 18.3 Å². The van der Waals surface area contributed by atoms with Crippen molar-refractivity contribution in [3.05, 3.63) is 35.8 Å². The van der Waals surface area contributed by atoms with Crippen LogP contribution in [0, 0.1) is 23.4 Å². The number of aromatic nitrogens is 2. The molecule has 0 amide bonds. The summed E-state index contributed by atoms with van der Waals surface area (Å²) in [6, 6.07) is 1.74. The zero-order valence-corrected chi connectivity index (χ0v) is 16.6. The zero-order valence-electron chi connectivity index (χ0n) is 16.6. The van der Waals surface area contributed by atoms with Crippen LogP contribution in [-0.2, 0) is 4.74 Å². The number of anilines is 3. The molecule has 0 radical (unpaired) electrons. The van der Waals surface area contributed by atoms with Crippen molar-refractivity contribution in [1.29, 1.82) is 0 Å². The molecule has 1 saturated carbocycles. The fourth-order valence-corrected chi connectivity index (χ4v) is 4.05. The minimum absolute atomic E-state index is 0.00563. The van der Waals surface area contributed by atoms with Crippen LogP contribution in [0.1, 0.15) is 12.8 Å². The summed E-state index contributed by atoms with van der Waals surface area (Å²) in [4.78, 5) is 13.2. The maximum Gasteiger partial charge on any atom is 0.224 e. The highest BCUT2D eigenvalue weighted by Gasteiger charge is 2.46. The molecule has 3 heterocycles. The Hall–Kier alpha value is -2.75. The number of rotatable bonds is 5. The highest BCUT2D eigenvalue weighted by Crippen LogP contribution is 2.39. The quantitative estimate of drug-likeness (QED) is 0.588. The third-order valence-corrected chi connectivity index (χ3v) is 5.88. The van der Waals surface area contributed by atoms with Gasteiger partial charge in [-0.05, 0) is 18.8 Å². The molecule has 1 saturated heterocycles. The summed E-state index contributed by atoms with van der Waals surface area (Å²) >= 11 is 0. The number of halogens is 3. The van der Waals surface area contributed by atoms with E-state index in [0.717, 1.165) is 43.0 Å². The summed E-state index contributed by atoms with van der Waals surface area (Å²) in [5, 5.41) is 3.26. The zero-order chi connectivity index (χ0) is 21.0. The largest absolute Gasteiger partial charge is 0.490 e. The van der Waals surface area contributed by atoms with Gasteiger partial charge in [0, 0.05) is 39.3 Å². The number of hydrogen-bond donors (Lipinski definition) is 1. The summed E-state index contributed by atoms with van der Waals surface area (Å²) in [6.07, 6.45) is 3.38. The monoisotopic (exact) mass is 421 g/mol. The molecule has 0 bridgehead atoms. The van der Waals surface area contributed by atoms with Crippen molar-refractivity contribution in [2.24, 2.45) is 5.92 Å². The Balaban J connectivity index is 1.15. The van der Waals surface area contributed by atoms with Crippen LogP contribution in [0.25, 0.3) is 0 Å². The Morgan fingerprint density at radius 2 is 1.93 bits per heavy atom. The number of epoxide rings is 1. The number of nitrogens with one attached hydrogen (secondary N) is 1. The van der Waals surface area contributed by atoms with E-state index in [4.69, 9.17) is 9.47 Å². The molecule has 2 fully saturated rings. The molecule has 2 unspecified atom stereocenters. The van der Waals surface area contributed by atoms with Gasteiger partial charge in [-0.15, -0.1) is 0 Å². The van der Waals surface area contributed by atoms with Gasteiger partial charge in [-0.3, -0.25) is 0 Å². The molecule has 2 aromatic rings. The summed E-state index contributed by atoms with van der Waals surface area (Å²) in [5.41, 5.74) is 0.934. The van der Waals surface area contributed by atoms with Gasteiger partial charge in [-0.1, -0.05) is 0 Å². The van der Waals surface area contributed by atoms with Crippen molar-refractivity contribution >= 4 is 17.5 Å². The van der Waals surface area contributed by atoms with E-state index in [0.29, 0.717) is 18.4 Å². The average molecular weight is 421 g/mol. The van der Waals surface area contributed by atoms with Gasteiger partial charge < -0.3 is 24.6 Å². The number of hydrogen-bond acceptors (Lipinski definition) is 7. The summed E-state index contributed by atoms with van der Waals surface area (Å²) in [7, 11) is 3.97. The SMILES string of the molecule is CN1CC2OC2N(C)c2cnc(NCC3CC(Oc4cc(F)c(F)c(F)c4)C3)nc21. The van der Waals surface area contributed by atoms with E-state index in [1.807, 2.05) is 14.1 Å². The lowest BCUT2D eigenvalue weighted by Crippen LogP contribution is -2.37. The molecule has 2 aliphatic heterocycles. The summed E-state index contributed by atoms with van der Waals surface area (Å²) in [5.74, 6) is -2.23. The van der Waals surface area contributed by atoms with E-state index >= 15 is 0 Å². The van der Waals surface area contributed by atoms with Gasteiger partial charge in [0.05, 0.1) is 12.3 Å². The van der Waals surface area contributed by atoms with E-state index in [1.54, 1.807) is 6.20 Å². The highest BCUT2D eigenvalue weighted by atomic mass is 19.2. The van der Waals surface area contributed by atoms with Gasteiger partial charge in [-0.2, -0.15) is 4.98 Å². The maximum absolute atomic E-state index is 13.3. The third kappa shape index (κ3) is 3.49. The third-order valence-electron chi connectivity index (χ3n) is 5.88. The molecule has 3 aliphatic rings. The van der Waals surface area contributed by atoms with Crippen LogP contribution in [0.5, 0.6) is 5.75 Å². The van der Waals surface area contributed by atoms with Gasteiger partial charge in [0.15, 0.2) is 29.5 Å². The number of benzene rings is 1. The van der Waals surface area contributed by atoms with Gasteiger partial charge >= 0.3 is 0 Å². The predicted molar refractivity (Wildman–Crippen MR) is 104 cm³/mol. The first kappa shape index (κ1) is 19.2. The Kier molecular flexibility index (Phi) is 4.61. The van der Waals surface area contributed by atoms with E-state index < -0.39 is 17.5 Å². The van der Waals surface area contributed by atoms with Crippen LogP contribution in [0.3, 0.4) is 0 Å². The number of nitrogens with zero attached hydrogens (tertiary/aromatic N) is 4. The number of likely N-dealkylation sites (N-methyl/N-ethyl adjacent to an activating group) is 2. The molecule has 160 valence electrons. The van der Waals surface area contributed by atoms with Gasteiger partial charge in [-0.25, -0.2) is 18.2 Å². The second-order valence-electron chi connectivity index (χ2n) is 8.12. The predicted octanol–water partition coefficient (Wildman–Crippen LogP) is 2.77. The van der Waals surface area contributed by atoms with Crippen molar-refractivity contribution in [3.63, 3.8) is 0 Å². The van der Waals surface area contributed by atoms with E-state index in [1.165, 1.54) is 0 Å². The van der Waals surface area contributed by atoms with Gasteiger partial charge in [0.1, 0.15) is 17.5 Å². The van der Waals surface area contributed by atoms with Crippen molar-refractivity contribution in [3.8, 4) is 5.75 Å². The fourth-order valence-electron chi connectivity index (χ4n) is 4.05. The summed E-state index contributed by atoms with van der Waals surface area (Å²) < 4.78 is 50.8. The first-order valence-corrected chi connectivity index (χ1v) is 9.90. The fraction of sp³-hybridized carbons (Fsp3) is 0.500. The molecule has 1 aliphatic carbocycles. The molecule has 1 N–H and O–H groups in total. The minimum atomic E-state index is -1.49. The second-order valence-corrected chi connectivity index (χ2v) is 8.12. The molecule has 0 spiro atoms. The van der Waals surface area contributed by atoms with Crippen molar-refractivity contribution in [2.75, 3.05) is 42.3 Å². The van der Waals surface area contributed by atoms with Gasteiger partial charge in [0.2, 0.25) is 5.95 Å².